The summed E-state index contributed by atoms with van der Waals surface area (Å²) >= 11 is 0. The van der Waals surface area contributed by atoms with Gasteiger partial charge in [-0.2, -0.15) is 0 Å². The molecule has 0 aliphatic carbocycles. The zero-order valence-electron chi connectivity index (χ0n) is 5.99. The zero-order chi connectivity index (χ0) is 8.10. The summed E-state index contributed by atoms with van der Waals surface area (Å²) in [4.78, 5) is 0. The molecule has 1 rings (SSSR count). The van der Waals surface area contributed by atoms with E-state index in [9.17, 15) is 0 Å². The van der Waals surface area contributed by atoms with Gasteiger partial charge in [0.2, 0.25) is 0 Å². The molecule has 0 fully saturated rings. The Morgan fingerprint density at radius 2 is 1.91 bits per heavy atom. The predicted octanol–water partition coefficient (Wildman–Crippen LogP) is 0.525. The molecule has 1 unspecified atom stereocenters. The fourth-order valence-corrected chi connectivity index (χ4v) is 0.679. The quantitative estimate of drug-likeness (QED) is 0.413. The van der Waals surface area contributed by atoms with Crippen LogP contribution >= 0.6 is 0 Å². The minimum absolute atomic E-state index is 0.858. The van der Waals surface area contributed by atoms with Crippen molar-refractivity contribution in [3.8, 4) is 11.8 Å². The third-order valence-electron chi connectivity index (χ3n) is 1.14. The van der Waals surface area contributed by atoms with Gasteiger partial charge in [-0.25, -0.2) is 0 Å². The lowest BCUT2D eigenvalue weighted by Crippen LogP contribution is -1.99. The van der Waals surface area contributed by atoms with Gasteiger partial charge in [0.15, 0.2) is 0 Å². The maximum atomic E-state index is 8.62. The summed E-state index contributed by atoms with van der Waals surface area (Å²) in [6.45, 7) is 0. The summed E-state index contributed by atoms with van der Waals surface area (Å²) in [7, 11) is 5.02. The van der Waals surface area contributed by atoms with E-state index in [1.807, 2.05) is 30.3 Å². The first kappa shape index (κ1) is 7.91. The highest BCUT2D eigenvalue weighted by atomic mass is 16.3. The minimum atomic E-state index is -1.05. The average molecular weight is 142 g/mol. The molecule has 52 valence electrons. The van der Waals surface area contributed by atoms with E-state index in [4.69, 9.17) is 13.0 Å². The molecule has 0 saturated heterocycles. The van der Waals surface area contributed by atoms with Crippen molar-refractivity contribution in [1.82, 2.24) is 0 Å². The van der Waals surface area contributed by atoms with Gasteiger partial charge < -0.3 is 5.11 Å². The third kappa shape index (κ3) is 2.93. The number of rotatable bonds is 0. The predicted molar refractivity (Wildman–Crippen MR) is 45.1 cm³/mol. The van der Waals surface area contributed by atoms with Gasteiger partial charge in [0, 0.05) is 5.56 Å². The second-order valence-corrected chi connectivity index (χ2v) is 2.08. The summed E-state index contributed by atoms with van der Waals surface area (Å²) < 4.78 is 0. The number of aliphatic hydroxyl groups is 1. The van der Waals surface area contributed by atoms with E-state index < -0.39 is 6.00 Å². The van der Waals surface area contributed by atoms with E-state index in [0.717, 1.165) is 5.56 Å². The van der Waals surface area contributed by atoms with E-state index in [0.29, 0.717) is 0 Å². The standard InChI is InChI=1S/C9H7BO/c10-9(11)7-6-8-4-2-1-3-5-8/h1-5,9,11H. The molecule has 0 heterocycles. The maximum absolute atomic E-state index is 8.62. The first-order valence-electron chi connectivity index (χ1n) is 3.29. The number of hydrogen-bond donors (Lipinski definition) is 1. The SMILES string of the molecule is [B]C(O)C#Cc1ccccc1. The maximum Gasteiger partial charge on any atom is 0.126 e. The summed E-state index contributed by atoms with van der Waals surface area (Å²) in [6.07, 6.45) is 0. The fourth-order valence-electron chi connectivity index (χ4n) is 0.679. The lowest BCUT2D eigenvalue weighted by atomic mass is 10.0. The van der Waals surface area contributed by atoms with Crippen molar-refractivity contribution in [2.75, 3.05) is 0 Å². The van der Waals surface area contributed by atoms with Crippen molar-refractivity contribution in [2.24, 2.45) is 0 Å². The van der Waals surface area contributed by atoms with E-state index in [1.54, 1.807) is 0 Å². The summed E-state index contributed by atoms with van der Waals surface area (Å²) in [6, 6.07) is 8.34. The monoisotopic (exact) mass is 142 g/mol. The molecule has 0 aliphatic heterocycles. The van der Waals surface area contributed by atoms with Crippen LogP contribution in [0.2, 0.25) is 0 Å². The molecule has 0 aromatic heterocycles. The van der Waals surface area contributed by atoms with Crippen LogP contribution in [0, 0.1) is 11.8 Å². The van der Waals surface area contributed by atoms with Crippen molar-refractivity contribution >= 4 is 7.85 Å². The fraction of sp³-hybridized carbons (Fsp3) is 0.111. The Labute approximate surface area is 67.5 Å². The molecule has 2 radical (unpaired) electrons. The van der Waals surface area contributed by atoms with Crippen molar-refractivity contribution in [3.05, 3.63) is 35.9 Å². The summed E-state index contributed by atoms with van der Waals surface area (Å²) in [5.41, 5.74) is 0.858. The van der Waals surface area contributed by atoms with Gasteiger partial charge in [-0.3, -0.25) is 0 Å². The van der Waals surface area contributed by atoms with E-state index in [-0.39, 0.29) is 0 Å². The largest absolute Gasteiger partial charge is 0.391 e. The smallest absolute Gasteiger partial charge is 0.126 e. The Morgan fingerprint density at radius 3 is 2.45 bits per heavy atom. The molecule has 0 aliphatic rings. The van der Waals surface area contributed by atoms with E-state index in [1.165, 1.54) is 0 Å². The molecular formula is C9H7BO. The molecular weight excluding hydrogens is 135 g/mol. The van der Waals surface area contributed by atoms with Gasteiger partial charge in [0.1, 0.15) is 7.85 Å². The summed E-state index contributed by atoms with van der Waals surface area (Å²) in [5.74, 6) is 5.16. The van der Waals surface area contributed by atoms with Crippen molar-refractivity contribution in [2.45, 2.75) is 6.00 Å². The Kier molecular flexibility index (Phi) is 2.77. The molecule has 2 heteroatoms. The number of hydrogen-bond acceptors (Lipinski definition) is 1. The van der Waals surface area contributed by atoms with Crippen LogP contribution in [0.1, 0.15) is 5.56 Å². The Morgan fingerprint density at radius 1 is 1.27 bits per heavy atom. The van der Waals surface area contributed by atoms with Crippen LogP contribution in [0.25, 0.3) is 0 Å². The highest BCUT2D eigenvalue weighted by molar-refractivity contribution is 6.12. The van der Waals surface area contributed by atoms with Gasteiger partial charge in [-0.15, -0.1) is 0 Å². The summed E-state index contributed by atoms with van der Waals surface area (Å²) in [5, 5.41) is 8.62. The second-order valence-electron chi connectivity index (χ2n) is 2.08. The first-order chi connectivity index (χ1) is 5.29. The van der Waals surface area contributed by atoms with Crippen molar-refractivity contribution in [1.29, 1.82) is 0 Å². The normalized spacial score (nSPS) is 11.4. The molecule has 1 aromatic carbocycles. The highest BCUT2D eigenvalue weighted by Gasteiger charge is 1.84. The highest BCUT2D eigenvalue weighted by Crippen LogP contribution is 1.94. The van der Waals surface area contributed by atoms with Crippen molar-refractivity contribution in [3.63, 3.8) is 0 Å². The Hall–Kier alpha value is -1.20. The van der Waals surface area contributed by atoms with E-state index >= 15 is 0 Å². The van der Waals surface area contributed by atoms with Crippen LogP contribution in [0.3, 0.4) is 0 Å². The van der Waals surface area contributed by atoms with Crippen LogP contribution in [0.4, 0.5) is 0 Å². The topological polar surface area (TPSA) is 20.2 Å². The number of benzene rings is 1. The van der Waals surface area contributed by atoms with Gasteiger partial charge >= 0.3 is 0 Å². The average Bonchev–Trinajstić information content (AvgIpc) is 2.03. The van der Waals surface area contributed by atoms with Crippen molar-refractivity contribution < 1.29 is 5.11 Å². The van der Waals surface area contributed by atoms with Gasteiger partial charge in [0.05, 0.1) is 6.00 Å². The molecule has 1 nitrogen and oxygen atoms in total. The molecule has 0 spiro atoms. The Balaban J connectivity index is 2.75. The molecule has 0 bridgehead atoms. The molecule has 0 saturated carbocycles. The van der Waals surface area contributed by atoms with Crippen LogP contribution in [0.5, 0.6) is 0 Å². The van der Waals surface area contributed by atoms with Gasteiger partial charge in [0.25, 0.3) is 0 Å². The van der Waals surface area contributed by atoms with Crippen LogP contribution < -0.4 is 0 Å². The molecule has 1 N–H and O–H groups in total. The molecule has 1 atom stereocenters. The van der Waals surface area contributed by atoms with E-state index in [2.05, 4.69) is 11.8 Å². The van der Waals surface area contributed by atoms with Gasteiger partial charge in [-0.1, -0.05) is 30.0 Å². The minimum Gasteiger partial charge on any atom is -0.391 e. The van der Waals surface area contributed by atoms with Crippen LogP contribution in [0.15, 0.2) is 30.3 Å². The Bertz CT molecular complexity index is 269. The first-order valence-corrected chi connectivity index (χ1v) is 3.29. The molecule has 0 amide bonds. The van der Waals surface area contributed by atoms with Crippen LogP contribution in [-0.4, -0.2) is 19.0 Å². The van der Waals surface area contributed by atoms with Gasteiger partial charge in [-0.05, 0) is 12.1 Å². The molecule has 11 heavy (non-hydrogen) atoms. The number of aliphatic hydroxyl groups excluding tert-OH is 1. The third-order valence-corrected chi connectivity index (χ3v) is 1.14. The lowest BCUT2D eigenvalue weighted by Gasteiger charge is -1.88. The zero-order valence-corrected chi connectivity index (χ0v) is 5.99. The molecule has 1 aromatic rings. The lowest BCUT2D eigenvalue weighted by molar-refractivity contribution is 0.311. The van der Waals surface area contributed by atoms with Crippen LogP contribution in [-0.2, 0) is 0 Å². The second kappa shape index (κ2) is 3.85.